The van der Waals surface area contributed by atoms with Gasteiger partial charge in [-0.25, -0.2) is 0 Å². The Morgan fingerprint density at radius 2 is 0.977 bits per heavy atom. The fourth-order valence-electron chi connectivity index (χ4n) is 6.52. The number of methoxy groups -OCH3 is 2. The highest BCUT2D eigenvalue weighted by atomic mass is 31.1. The summed E-state index contributed by atoms with van der Waals surface area (Å²) in [6.45, 7) is 15.6. The van der Waals surface area contributed by atoms with E-state index in [1.807, 2.05) is 0 Å². The summed E-state index contributed by atoms with van der Waals surface area (Å²) in [4.78, 5) is 0. The van der Waals surface area contributed by atoms with Gasteiger partial charge in [-0.15, -0.1) is 0 Å². The van der Waals surface area contributed by atoms with Crippen LogP contribution in [0.25, 0.3) is 0 Å². The predicted molar refractivity (Wildman–Crippen MR) is 189 cm³/mol. The van der Waals surface area contributed by atoms with Gasteiger partial charge in [-0.3, -0.25) is 0 Å². The van der Waals surface area contributed by atoms with E-state index in [1.165, 1.54) is 66.2 Å². The second kappa shape index (κ2) is 13.5. The lowest BCUT2D eigenvalue weighted by Crippen LogP contribution is -2.30. The van der Waals surface area contributed by atoms with Crippen LogP contribution in [0.15, 0.2) is 72.8 Å². The number of ether oxygens (including phenoxy) is 2. The SMILES string of the molecule is COc1c(C)cc(P([C]2[CH][CH][CH][C]2C(C)P(c2ccccc2C)c2ccccc2C)c2cc(C)c(OC)c(C)c2)cc1C. The minimum absolute atomic E-state index is 0.327. The van der Waals surface area contributed by atoms with Crippen molar-refractivity contribution >= 4 is 37.1 Å². The van der Waals surface area contributed by atoms with E-state index in [1.54, 1.807) is 14.2 Å². The minimum atomic E-state index is -0.840. The Balaban J connectivity index is 1.67. The summed E-state index contributed by atoms with van der Waals surface area (Å²) in [6, 6.07) is 27.3. The molecule has 1 saturated carbocycles. The highest BCUT2D eigenvalue weighted by Gasteiger charge is 2.43. The van der Waals surface area contributed by atoms with Gasteiger partial charge in [-0.1, -0.05) is 55.5 Å². The molecule has 4 heteroatoms. The molecule has 1 unspecified atom stereocenters. The second-order valence-corrected chi connectivity index (χ2v) is 16.2. The van der Waals surface area contributed by atoms with E-state index in [0.29, 0.717) is 5.66 Å². The fourth-order valence-corrected chi connectivity index (χ4v) is 12.5. The van der Waals surface area contributed by atoms with Crippen LogP contribution < -0.4 is 30.7 Å². The van der Waals surface area contributed by atoms with Crippen molar-refractivity contribution < 1.29 is 9.47 Å². The van der Waals surface area contributed by atoms with Crippen LogP contribution in [0.3, 0.4) is 0 Å². The van der Waals surface area contributed by atoms with Crippen molar-refractivity contribution in [2.45, 2.75) is 54.1 Å². The molecule has 0 aromatic heterocycles. The van der Waals surface area contributed by atoms with Gasteiger partial charge in [0.05, 0.1) is 14.2 Å². The largest absolute Gasteiger partial charge is 0.496 e. The molecule has 1 atom stereocenters. The van der Waals surface area contributed by atoms with Gasteiger partial charge in [-0.05, 0) is 167 Å². The predicted octanol–water partition coefficient (Wildman–Crippen LogP) is 8.24. The van der Waals surface area contributed by atoms with Crippen molar-refractivity contribution in [3.63, 3.8) is 0 Å². The van der Waals surface area contributed by atoms with Gasteiger partial charge in [0.15, 0.2) is 0 Å². The van der Waals surface area contributed by atoms with Crippen LogP contribution in [0.1, 0.15) is 40.3 Å². The quantitative estimate of drug-likeness (QED) is 0.179. The Morgan fingerprint density at radius 1 is 0.558 bits per heavy atom. The standard InChI is InChI=1S/C39H43O2P2/c1-25-15-10-12-18-35(25)42(36-19-13-11-16-26(36)2)31(7)34-17-14-20-37(34)43(32-21-27(3)38(40-8)28(4)22-32)33-23-29(5)39(41-9)30(6)24-33/h10-24,31H,1-9H3. The van der Waals surface area contributed by atoms with Gasteiger partial charge in [0.2, 0.25) is 0 Å². The third-order valence-corrected chi connectivity index (χ3v) is 14.0. The molecule has 0 N–H and O–H groups in total. The topological polar surface area (TPSA) is 18.5 Å². The molecule has 5 radical (unpaired) electrons. The Morgan fingerprint density at radius 3 is 1.37 bits per heavy atom. The van der Waals surface area contributed by atoms with Gasteiger partial charge < -0.3 is 9.47 Å². The number of benzene rings is 4. The van der Waals surface area contributed by atoms with E-state index >= 15 is 0 Å². The van der Waals surface area contributed by atoms with Gasteiger partial charge in [0.1, 0.15) is 11.5 Å². The molecule has 1 aliphatic carbocycles. The van der Waals surface area contributed by atoms with Crippen LogP contribution in [0.4, 0.5) is 0 Å². The Bertz CT molecular complexity index is 1440. The van der Waals surface area contributed by atoms with Crippen molar-refractivity contribution in [1.82, 2.24) is 0 Å². The normalized spacial score (nSPS) is 15.0. The second-order valence-electron chi connectivity index (χ2n) is 11.5. The molecule has 0 saturated heterocycles. The van der Waals surface area contributed by atoms with Crippen molar-refractivity contribution in [3.05, 3.63) is 137 Å². The summed E-state index contributed by atoms with van der Waals surface area (Å²) in [5, 5.41) is 5.63. The monoisotopic (exact) mass is 605 g/mol. The lowest BCUT2D eigenvalue weighted by Gasteiger charge is -2.37. The summed E-state index contributed by atoms with van der Waals surface area (Å²) >= 11 is 0. The van der Waals surface area contributed by atoms with Gasteiger partial charge >= 0.3 is 0 Å². The molecule has 5 rings (SSSR count). The summed E-state index contributed by atoms with van der Waals surface area (Å²) in [6.07, 6.45) is 7.03. The smallest absolute Gasteiger partial charge is 0.124 e. The first-order chi connectivity index (χ1) is 20.7. The first-order valence-electron chi connectivity index (χ1n) is 14.9. The Labute approximate surface area is 262 Å². The molecular weight excluding hydrogens is 562 g/mol. The molecule has 4 aromatic carbocycles. The number of aryl methyl sites for hydroxylation is 6. The van der Waals surface area contributed by atoms with E-state index in [-0.39, 0.29) is 0 Å². The molecule has 0 amide bonds. The van der Waals surface area contributed by atoms with Gasteiger partial charge in [0.25, 0.3) is 0 Å². The van der Waals surface area contributed by atoms with Crippen LogP contribution in [0.2, 0.25) is 0 Å². The van der Waals surface area contributed by atoms with Crippen LogP contribution >= 0.6 is 15.8 Å². The maximum absolute atomic E-state index is 5.78. The van der Waals surface area contributed by atoms with Crippen molar-refractivity contribution in [2.24, 2.45) is 0 Å². The number of hydrogen-bond acceptors (Lipinski definition) is 2. The van der Waals surface area contributed by atoms with Crippen LogP contribution in [-0.2, 0) is 0 Å². The Hall–Kier alpha value is -2.66. The van der Waals surface area contributed by atoms with Gasteiger partial charge in [-0.2, -0.15) is 0 Å². The molecule has 43 heavy (non-hydrogen) atoms. The zero-order valence-electron chi connectivity index (χ0n) is 26.9. The lowest BCUT2D eigenvalue weighted by molar-refractivity contribution is 0.408. The summed E-state index contributed by atoms with van der Waals surface area (Å²) in [5.41, 5.74) is 9.19. The molecule has 1 fully saturated rings. The first-order valence-corrected chi connectivity index (χ1v) is 17.7. The molecule has 0 aliphatic heterocycles. The third kappa shape index (κ3) is 6.30. The molecule has 0 spiro atoms. The van der Waals surface area contributed by atoms with Crippen LogP contribution in [0.5, 0.6) is 11.5 Å². The van der Waals surface area contributed by atoms with E-state index in [0.717, 1.165) is 11.5 Å². The molecular formula is C39H43O2P2. The molecule has 2 nitrogen and oxygen atoms in total. The molecule has 4 aromatic rings. The average molecular weight is 606 g/mol. The molecule has 1 aliphatic rings. The van der Waals surface area contributed by atoms with E-state index < -0.39 is 15.8 Å². The highest BCUT2D eigenvalue weighted by Crippen LogP contribution is 2.62. The fraction of sp³-hybridized carbons (Fsp3) is 0.256. The van der Waals surface area contributed by atoms with Gasteiger partial charge in [0, 0.05) is 5.66 Å². The zero-order chi connectivity index (χ0) is 30.8. The number of hydrogen-bond donors (Lipinski definition) is 0. The van der Waals surface area contributed by atoms with E-state index in [4.69, 9.17) is 9.47 Å². The highest BCUT2D eigenvalue weighted by molar-refractivity contribution is 7.77. The number of rotatable bonds is 9. The summed E-state index contributed by atoms with van der Waals surface area (Å²) < 4.78 is 11.6. The van der Waals surface area contributed by atoms with E-state index in [9.17, 15) is 0 Å². The summed E-state index contributed by atoms with van der Waals surface area (Å²) in [7, 11) is 2.04. The first kappa shape index (κ1) is 31.8. The zero-order valence-corrected chi connectivity index (χ0v) is 28.7. The van der Waals surface area contributed by atoms with E-state index in [2.05, 4.69) is 141 Å². The molecule has 0 bridgehead atoms. The van der Waals surface area contributed by atoms with Crippen molar-refractivity contribution in [1.29, 1.82) is 0 Å². The average Bonchev–Trinajstić information content (AvgIpc) is 3.44. The van der Waals surface area contributed by atoms with Crippen molar-refractivity contribution in [3.8, 4) is 11.5 Å². The summed E-state index contributed by atoms with van der Waals surface area (Å²) in [5.74, 6) is 3.39. The maximum atomic E-state index is 5.78. The minimum Gasteiger partial charge on any atom is -0.496 e. The van der Waals surface area contributed by atoms with Crippen LogP contribution in [0, 0.1) is 72.4 Å². The Kier molecular flexibility index (Phi) is 10.0. The third-order valence-electron chi connectivity index (χ3n) is 8.47. The lowest BCUT2D eigenvalue weighted by atomic mass is 10.0. The molecule has 221 valence electrons. The molecule has 0 heterocycles. The van der Waals surface area contributed by atoms with Crippen molar-refractivity contribution in [2.75, 3.05) is 14.2 Å². The maximum Gasteiger partial charge on any atom is 0.124 e. The van der Waals surface area contributed by atoms with Crippen LogP contribution in [-0.4, -0.2) is 19.9 Å².